The van der Waals surface area contributed by atoms with Crippen LogP contribution in [0.15, 0.2) is 24.3 Å². The highest BCUT2D eigenvalue weighted by atomic mass is 16.3. The van der Waals surface area contributed by atoms with Crippen LogP contribution < -0.4 is 0 Å². The van der Waals surface area contributed by atoms with Crippen LogP contribution in [0.1, 0.15) is 77.0 Å². The molecule has 0 aromatic rings. The third kappa shape index (κ3) is 17.4. The van der Waals surface area contributed by atoms with Gasteiger partial charge in [0.15, 0.2) is 0 Å². The van der Waals surface area contributed by atoms with Gasteiger partial charge in [-0.15, -0.1) is 0 Å². The van der Waals surface area contributed by atoms with Gasteiger partial charge in [-0.25, -0.2) is 0 Å². The highest BCUT2D eigenvalue weighted by Gasteiger charge is 1.89. The van der Waals surface area contributed by atoms with Crippen molar-refractivity contribution in [2.75, 3.05) is 13.2 Å². The summed E-state index contributed by atoms with van der Waals surface area (Å²) in [4.78, 5) is 0. The van der Waals surface area contributed by atoms with E-state index in [2.05, 4.69) is 24.3 Å². The molecule has 0 unspecified atom stereocenters. The fourth-order valence-electron chi connectivity index (χ4n) is 2.14. The molecule has 0 fully saturated rings. The molecule has 0 aliphatic heterocycles. The summed E-state index contributed by atoms with van der Waals surface area (Å²) in [7, 11) is 0. The Bertz CT molecular complexity index is 221. The first-order valence-electron chi connectivity index (χ1n) is 8.43. The van der Waals surface area contributed by atoms with Gasteiger partial charge in [-0.1, -0.05) is 56.4 Å². The standard InChI is InChI=1S/C18H34O2/c19-17-15-13-11-9-7-5-3-1-2-4-6-8-10-12-14-16-18-20/h1-2,5,7,19-20H,3-4,6,8-18H2/b2-1-,7-5-. The Labute approximate surface area is 125 Å². The average molecular weight is 282 g/mol. The lowest BCUT2D eigenvalue weighted by Crippen LogP contribution is -1.83. The molecule has 0 bridgehead atoms. The third-order valence-corrected chi connectivity index (χ3v) is 3.41. The first-order valence-corrected chi connectivity index (χ1v) is 8.43. The Morgan fingerprint density at radius 3 is 1.35 bits per heavy atom. The van der Waals surface area contributed by atoms with Gasteiger partial charge in [0.05, 0.1) is 0 Å². The molecule has 0 spiro atoms. The molecule has 0 aromatic heterocycles. The van der Waals surface area contributed by atoms with Crippen LogP contribution in [0.3, 0.4) is 0 Å². The van der Waals surface area contributed by atoms with Crippen LogP contribution in [0, 0.1) is 0 Å². The van der Waals surface area contributed by atoms with Crippen LogP contribution in [0.4, 0.5) is 0 Å². The fraction of sp³-hybridized carbons (Fsp3) is 0.778. The molecule has 0 atom stereocenters. The summed E-state index contributed by atoms with van der Waals surface area (Å²) in [5.41, 5.74) is 0. The van der Waals surface area contributed by atoms with Crippen molar-refractivity contribution >= 4 is 0 Å². The lowest BCUT2D eigenvalue weighted by atomic mass is 10.1. The van der Waals surface area contributed by atoms with Gasteiger partial charge in [0, 0.05) is 13.2 Å². The number of hydrogen-bond acceptors (Lipinski definition) is 2. The minimum atomic E-state index is 0.327. The second-order valence-corrected chi connectivity index (χ2v) is 5.39. The lowest BCUT2D eigenvalue weighted by Gasteiger charge is -1.98. The minimum Gasteiger partial charge on any atom is -0.396 e. The van der Waals surface area contributed by atoms with E-state index in [4.69, 9.17) is 10.2 Å². The van der Waals surface area contributed by atoms with Gasteiger partial charge in [-0.3, -0.25) is 0 Å². The summed E-state index contributed by atoms with van der Waals surface area (Å²) in [5, 5.41) is 17.3. The van der Waals surface area contributed by atoms with E-state index in [9.17, 15) is 0 Å². The number of unbranched alkanes of at least 4 members (excludes halogenated alkanes) is 9. The van der Waals surface area contributed by atoms with E-state index in [1.165, 1.54) is 44.9 Å². The summed E-state index contributed by atoms with van der Waals surface area (Å²) < 4.78 is 0. The fourth-order valence-corrected chi connectivity index (χ4v) is 2.14. The second kappa shape index (κ2) is 18.4. The summed E-state index contributed by atoms with van der Waals surface area (Å²) in [6.07, 6.45) is 23.0. The zero-order valence-electron chi connectivity index (χ0n) is 13.1. The van der Waals surface area contributed by atoms with E-state index >= 15 is 0 Å². The SMILES string of the molecule is OCCCCC/C=C\C/C=C\CCCCCCCCO. The Morgan fingerprint density at radius 1 is 0.450 bits per heavy atom. The van der Waals surface area contributed by atoms with Crippen molar-refractivity contribution in [3.63, 3.8) is 0 Å². The Morgan fingerprint density at radius 2 is 0.850 bits per heavy atom. The first kappa shape index (κ1) is 19.4. The van der Waals surface area contributed by atoms with Gasteiger partial charge in [-0.2, -0.15) is 0 Å². The molecule has 0 amide bonds. The molecule has 0 aliphatic carbocycles. The molecule has 2 N–H and O–H groups in total. The van der Waals surface area contributed by atoms with E-state index in [1.807, 2.05) is 0 Å². The molecular formula is C18H34O2. The maximum atomic E-state index is 8.66. The van der Waals surface area contributed by atoms with Gasteiger partial charge in [0.25, 0.3) is 0 Å². The van der Waals surface area contributed by atoms with Crippen molar-refractivity contribution in [1.29, 1.82) is 0 Å². The molecule has 0 saturated heterocycles. The summed E-state index contributed by atoms with van der Waals surface area (Å²) in [6, 6.07) is 0. The monoisotopic (exact) mass is 282 g/mol. The molecule has 0 saturated carbocycles. The largest absolute Gasteiger partial charge is 0.396 e. The normalized spacial score (nSPS) is 11.9. The molecule has 0 rings (SSSR count). The van der Waals surface area contributed by atoms with E-state index < -0.39 is 0 Å². The van der Waals surface area contributed by atoms with Gasteiger partial charge in [-0.05, 0) is 44.9 Å². The molecule has 0 radical (unpaired) electrons. The van der Waals surface area contributed by atoms with Crippen LogP contribution in [0.5, 0.6) is 0 Å². The topological polar surface area (TPSA) is 40.5 Å². The first-order chi connectivity index (χ1) is 9.91. The van der Waals surface area contributed by atoms with Crippen LogP contribution in [-0.2, 0) is 0 Å². The van der Waals surface area contributed by atoms with Gasteiger partial charge in [0.2, 0.25) is 0 Å². The molecule has 20 heavy (non-hydrogen) atoms. The molecular weight excluding hydrogens is 248 g/mol. The van der Waals surface area contributed by atoms with Gasteiger partial charge in [0.1, 0.15) is 0 Å². The number of rotatable bonds is 15. The quantitative estimate of drug-likeness (QED) is 0.336. The average Bonchev–Trinajstić information content (AvgIpc) is 2.47. The molecule has 0 heterocycles. The Kier molecular flexibility index (Phi) is 17.8. The highest BCUT2D eigenvalue weighted by molar-refractivity contribution is 4.92. The zero-order valence-corrected chi connectivity index (χ0v) is 13.1. The van der Waals surface area contributed by atoms with Crippen molar-refractivity contribution < 1.29 is 10.2 Å². The Hall–Kier alpha value is -0.600. The third-order valence-electron chi connectivity index (χ3n) is 3.41. The lowest BCUT2D eigenvalue weighted by molar-refractivity contribution is 0.282. The maximum absolute atomic E-state index is 8.66. The summed E-state index contributed by atoms with van der Waals surface area (Å²) in [6.45, 7) is 0.672. The molecule has 0 aliphatic rings. The van der Waals surface area contributed by atoms with Gasteiger partial charge < -0.3 is 10.2 Å². The van der Waals surface area contributed by atoms with Crippen molar-refractivity contribution in [1.82, 2.24) is 0 Å². The van der Waals surface area contributed by atoms with E-state index in [1.54, 1.807) is 0 Å². The predicted molar refractivity (Wildman–Crippen MR) is 87.9 cm³/mol. The van der Waals surface area contributed by atoms with Crippen molar-refractivity contribution in [3.8, 4) is 0 Å². The minimum absolute atomic E-state index is 0.327. The number of allylic oxidation sites excluding steroid dienone is 4. The van der Waals surface area contributed by atoms with E-state index in [0.29, 0.717) is 13.2 Å². The van der Waals surface area contributed by atoms with Crippen molar-refractivity contribution in [3.05, 3.63) is 24.3 Å². The number of hydrogen-bond donors (Lipinski definition) is 2. The Balaban J connectivity index is 3.13. The van der Waals surface area contributed by atoms with Crippen molar-refractivity contribution in [2.24, 2.45) is 0 Å². The van der Waals surface area contributed by atoms with E-state index in [0.717, 1.165) is 32.1 Å². The van der Waals surface area contributed by atoms with E-state index in [-0.39, 0.29) is 0 Å². The molecule has 118 valence electrons. The van der Waals surface area contributed by atoms with Gasteiger partial charge >= 0.3 is 0 Å². The molecule has 2 nitrogen and oxygen atoms in total. The zero-order chi connectivity index (χ0) is 14.7. The highest BCUT2D eigenvalue weighted by Crippen LogP contribution is 2.07. The second-order valence-electron chi connectivity index (χ2n) is 5.39. The summed E-state index contributed by atoms with van der Waals surface area (Å²) in [5.74, 6) is 0. The smallest absolute Gasteiger partial charge is 0.0431 e. The predicted octanol–water partition coefficient (Wildman–Crippen LogP) is 4.76. The van der Waals surface area contributed by atoms with Crippen LogP contribution >= 0.6 is 0 Å². The van der Waals surface area contributed by atoms with Crippen LogP contribution in [0.2, 0.25) is 0 Å². The van der Waals surface area contributed by atoms with Crippen molar-refractivity contribution in [2.45, 2.75) is 77.0 Å². The molecule has 0 aromatic carbocycles. The molecule has 2 heteroatoms. The van der Waals surface area contributed by atoms with Crippen LogP contribution in [-0.4, -0.2) is 23.4 Å². The number of aliphatic hydroxyl groups excluding tert-OH is 2. The van der Waals surface area contributed by atoms with Crippen LogP contribution in [0.25, 0.3) is 0 Å². The summed E-state index contributed by atoms with van der Waals surface area (Å²) >= 11 is 0. The number of aliphatic hydroxyl groups is 2. The maximum Gasteiger partial charge on any atom is 0.0431 e.